The predicted octanol–water partition coefficient (Wildman–Crippen LogP) is 1.33. The summed E-state index contributed by atoms with van der Waals surface area (Å²) in [6.07, 6.45) is 3.16. The van der Waals surface area contributed by atoms with Gasteiger partial charge in [0, 0.05) is 7.11 Å². The molecule has 1 fully saturated rings. The van der Waals surface area contributed by atoms with Gasteiger partial charge in [0.2, 0.25) is 5.82 Å². The fourth-order valence-corrected chi connectivity index (χ4v) is 2.20. The van der Waals surface area contributed by atoms with Crippen molar-refractivity contribution in [3.05, 3.63) is 11.6 Å². The van der Waals surface area contributed by atoms with Crippen LogP contribution in [0.15, 0.2) is 0 Å². The minimum atomic E-state index is -0.427. The predicted molar refractivity (Wildman–Crippen MR) is 64.3 cm³/mol. The standard InChI is InChI=1S/C12H19N3O3/c1-4-18-11(16)10-14-13-9(2)15(10)8-12(17-3)6-5-7-12/h4-8H2,1-3H3. The monoisotopic (exact) mass is 253 g/mol. The molecular weight excluding hydrogens is 234 g/mol. The van der Waals surface area contributed by atoms with Gasteiger partial charge in [0.25, 0.3) is 0 Å². The second-order valence-corrected chi connectivity index (χ2v) is 4.62. The van der Waals surface area contributed by atoms with Crippen LogP contribution in [0, 0.1) is 6.92 Å². The van der Waals surface area contributed by atoms with Crippen molar-refractivity contribution in [2.75, 3.05) is 13.7 Å². The van der Waals surface area contributed by atoms with Crippen molar-refractivity contribution in [1.82, 2.24) is 14.8 Å². The Kier molecular flexibility index (Phi) is 3.65. The molecule has 6 heteroatoms. The summed E-state index contributed by atoms with van der Waals surface area (Å²) in [6.45, 7) is 4.54. The molecular formula is C12H19N3O3. The van der Waals surface area contributed by atoms with Gasteiger partial charge in [-0.05, 0) is 33.1 Å². The van der Waals surface area contributed by atoms with Gasteiger partial charge in [-0.1, -0.05) is 0 Å². The first-order valence-electron chi connectivity index (χ1n) is 6.24. The molecule has 1 aromatic rings. The van der Waals surface area contributed by atoms with Gasteiger partial charge >= 0.3 is 5.97 Å². The highest BCUT2D eigenvalue weighted by Gasteiger charge is 2.39. The van der Waals surface area contributed by atoms with Crippen molar-refractivity contribution < 1.29 is 14.3 Å². The first-order valence-corrected chi connectivity index (χ1v) is 6.24. The van der Waals surface area contributed by atoms with Crippen LogP contribution in [0.2, 0.25) is 0 Å². The van der Waals surface area contributed by atoms with E-state index in [2.05, 4.69) is 10.2 Å². The highest BCUT2D eigenvalue weighted by molar-refractivity contribution is 5.85. The first kappa shape index (κ1) is 13.0. The third-order valence-corrected chi connectivity index (χ3v) is 3.54. The average molecular weight is 253 g/mol. The molecule has 0 spiro atoms. The van der Waals surface area contributed by atoms with E-state index in [-0.39, 0.29) is 11.4 Å². The summed E-state index contributed by atoms with van der Waals surface area (Å²) in [7, 11) is 1.71. The number of hydrogen-bond donors (Lipinski definition) is 0. The Morgan fingerprint density at radius 2 is 2.17 bits per heavy atom. The lowest BCUT2D eigenvalue weighted by molar-refractivity contribution is -0.0842. The van der Waals surface area contributed by atoms with E-state index >= 15 is 0 Å². The summed E-state index contributed by atoms with van der Waals surface area (Å²) in [4.78, 5) is 11.8. The fourth-order valence-electron chi connectivity index (χ4n) is 2.20. The van der Waals surface area contributed by atoms with Gasteiger partial charge in [0.15, 0.2) is 0 Å². The molecule has 1 saturated carbocycles. The molecule has 0 aromatic carbocycles. The van der Waals surface area contributed by atoms with E-state index in [1.807, 2.05) is 6.92 Å². The lowest BCUT2D eigenvalue weighted by Gasteiger charge is -2.40. The van der Waals surface area contributed by atoms with Gasteiger partial charge in [0.1, 0.15) is 5.82 Å². The summed E-state index contributed by atoms with van der Waals surface area (Å²) in [5.74, 6) is 0.544. The number of nitrogens with zero attached hydrogens (tertiary/aromatic N) is 3. The Morgan fingerprint density at radius 1 is 1.44 bits per heavy atom. The molecule has 1 aliphatic rings. The van der Waals surface area contributed by atoms with Crippen LogP contribution >= 0.6 is 0 Å². The molecule has 0 amide bonds. The molecule has 0 bridgehead atoms. The average Bonchev–Trinajstić information content (AvgIpc) is 2.66. The highest BCUT2D eigenvalue weighted by atomic mass is 16.5. The number of carbonyl (C=O) groups is 1. The zero-order valence-corrected chi connectivity index (χ0v) is 11.1. The van der Waals surface area contributed by atoms with Crippen molar-refractivity contribution in [2.24, 2.45) is 0 Å². The summed E-state index contributed by atoms with van der Waals surface area (Å²) in [5, 5.41) is 7.85. The Balaban J connectivity index is 2.21. The number of hydrogen-bond acceptors (Lipinski definition) is 5. The molecule has 0 N–H and O–H groups in total. The molecule has 0 atom stereocenters. The van der Waals surface area contributed by atoms with Crippen LogP contribution in [0.25, 0.3) is 0 Å². The number of aromatic nitrogens is 3. The zero-order chi connectivity index (χ0) is 13.2. The maximum atomic E-state index is 11.8. The van der Waals surface area contributed by atoms with Crippen molar-refractivity contribution in [3.8, 4) is 0 Å². The SMILES string of the molecule is CCOC(=O)c1nnc(C)n1CC1(OC)CCC1. The number of methoxy groups -OCH3 is 1. The zero-order valence-electron chi connectivity index (χ0n) is 11.1. The molecule has 18 heavy (non-hydrogen) atoms. The van der Waals surface area contributed by atoms with E-state index in [9.17, 15) is 4.79 Å². The highest BCUT2D eigenvalue weighted by Crippen LogP contribution is 2.36. The van der Waals surface area contributed by atoms with Crippen LogP contribution in [0.5, 0.6) is 0 Å². The summed E-state index contributed by atoms with van der Waals surface area (Å²) in [5.41, 5.74) is -0.172. The van der Waals surface area contributed by atoms with Crippen LogP contribution < -0.4 is 0 Å². The van der Waals surface area contributed by atoms with Gasteiger partial charge in [-0.3, -0.25) is 0 Å². The van der Waals surface area contributed by atoms with E-state index in [1.54, 1.807) is 18.6 Å². The van der Waals surface area contributed by atoms with Gasteiger partial charge in [-0.25, -0.2) is 4.79 Å². The quantitative estimate of drug-likeness (QED) is 0.741. The minimum Gasteiger partial charge on any atom is -0.460 e. The van der Waals surface area contributed by atoms with Crippen LogP contribution in [-0.2, 0) is 16.0 Å². The maximum Gasteiger partial charge on any atom is 0.376 e. The van der Waals surface area contributed by atoms with Gasteiger partial charge < -0.3 is 14.0 Å². The van der Waals surface area contributed by atoms with Crippen molar-refractivity contribution in [2.45, 2.75) is 45.3 Å². The minimum absolute atomic E-state index is 0.172. The van der Waals surface area contributed by atoms with E-state index in [4.69, 9.17) is 9.47 Å². The van der Waals surface area contributed by atoms with Crippen molar-refractivity contribution in [3.63, 3.8) is 0 Å². The summed E-state index contributed by atoms with van der Waals surface area (Å²) < 4.78 is 12.3. The number of aryl methyl sites for hydroxylation is 1. The van der Waals surface area contributed by atoms with Crippen molar-refractivity contribution in [1.29, 1.82) is 0 Å². The van der Waals surface area contributed by atoms with E-state index < -0.39 is 5.97 Å². The first-order chi connectivity index (χ1) is 8.62. The Labute approximate surface area is 106 Å². The molecule has 1 aromatic heterocycles. The van der Waals surface area contributed by atoms with Crippen LogP contribution in [0.4, 0.5) is 0 Å². The number of rotatable bonds is 5. The summed E-state index contributed by atoms with van der Waals surface area (Å²) in [6, 6.07) is 0. The fraction of sp³-hybridized carbons (Fsp3) is 0.750. The molecule has 1 aliphatic carbocycles. The molecule has 2 rings (SSSR count). The molecule has 0 saturated heterocycles. The Bertz CT molecular complexity index is 432. The topological polar surface area (TPSA) is 66.2 Å². The van der Waals surface area contributed by atoms with Gasteiger partial charge in [-0.2, -0.15) is 0 Å². The van der Waals surface area contributed by atoms with E-state index in [1.165, 1.54) is 0 Å². The van der Waals surface area contributed by atoms with Crippen LogP contribution in [0.1, 0.15) is 42.6 Å². The lowest BCUT2D eigenvalue weighted by Crippen LogP contribution is -2.44. The number of ether oxygens (including phenoxy) is 2. The number of carbonyl (C=O) groups excluding carboxylic acids is 1. The smallest absolute Gasteiger partial charge is 0.376 e. The van der Waals surface area contributed by atoms with Crippen LogP contribution in [-0.4, -0.2) is 40.1 Å². The van der Waals surface area contributed by atoms with E-state index in [0.29, 0.717) is 19.0 Å². The normalized spacial score (nSPS) is 17.3. The van der Waals surface area contributed by atoms with E-state index in [0.717, 1.165) is 19.3 Å². The van der Waals surface area contributed by atoms with Crippen LogP contribution in [0.3, 0.4) is 0 Å². The molecule has 0 unspecified atom stereocenters. The second kappa shape index (κ2) is 5.06. The lowest BCUT2D eigenvalue weighted by atomic mass is 9.80. The maximum absolute atomic E-state index is 11.8. The Hall–Kier alpha value is -1.43. The molecule has 0 radical (unpaired) electrons. The molecule has 100 valence electrons. The number of esters is 1. The third-order valence-electron chi connectivity index (χ3n) is 3.54. The second-order valence-electron chi connectivity index (χ2n) is 4.62. The molecule has 6 nitrogen and oxygen atoms in total. The Morgan fingerprint density at radius 3 is 2.67 bits per heavy atom. The summed E-state index contributed by atoms with van der Waals surface area (Å²) >= 11 is 0. The van der Waals surface area contributed by atoms with Gasteiger partial charge in [0.05, 0.1) is 18.8 Å². The molecule has 1 heterocycles. The van der Waals surface area contributed by atoms with Crippen molar-refractivity contribution >= 4 is 5.97 Å². The molecule has 0 aliphatic heterocycles. The largest absolute Gasteiger partial charge is 0.460 e. The van der Waals surface area contributed by atoms with Gasteiger partial charge in [-0.15, -0.1) is 10.2 Å². The third kappa shape index (κ3) is 2.25.